The Balaban J connectivity index is 0.783. The molecule has 1 aromatic heterocycles. The van der Waals surface area contributed by atoms with Gasteiger partial charge in [-0.05, 0) is 196 Å². The molecule has 0 fully saturated rings. The van der Waals surface area contributed by atoms with E-state index < -0.39 is 0 Å². The monoisotopic (exact) mass is 1090 g/mol. The van der Waals surface area contributed by atoms with Crippen LogP contribution in [0.25, 0.3) is 78.0 Å². The van der Waals surface area contributed by atoms with Gasteiger partial charge in [-0.2, -0.15) is 0 Å². The fourth-order valence-corrected chi connectivity index (χ4v) is 11.7. The molecule has 1 heterocycles. The van der Waals surface area contributed by atoms with Crippen LogP contribution in [0.2, 0.25) is 0 Å². The second-order valence-corrected chi connectivity index (χ2v) is 21.4. The van der Waals surface area contributed by atoms with E-state index in [2.05, 4.69) is 348 Å². The molecule has 85 heavy (non-hydrogen) atoms. The lowest BCUT2D eigenvalue weighted by molar-refractivity contribution is 1.10. The molecule has 0 spiro atoms. The van der Waals surface area contributed by atoms with Gasteiger partial charge in [-0.25, -0.2) is 4.98 Å². The zero-order chi connectivity index (χ0) is 57.1. The van der Waals surface area contributed by atoms with E-state index in [1.165, 1.54) is 27.8 Å². The van der Waals surface area contributed by atoms with Crippen LogP contribution in [0.1, 0.15) is 11.1 Å². The summed E-state index contributed by atoms with van der Waals surface area (Å²) >= 11 is 0. The Kier molecular flexibility index (Phi) is 14.0. The maximum absolute atomic E-state index is 5.17. The Morgan fingerprint density at radius 2 is 0.729 bits per heavy atom. The van der Waals surface area contributed by atoms with Gasteiger partial charge in [0.15, 0.2) is 0 Å². The predicted octanol–water partition coefficient (Wildman–Crippen LogP) is 21.9. The van der Waals surface area contributed by atoms with E-state index in [0.717, 1.165) is 107 Å². The Morgan fingerprint density at radius 3 is 1.29 bits per heavy atom. The molecule has 0 atom stereocenters. The summed E-state index contributed by atoms with van der Waals surface area (Å²) < 4.78 is 2.25. The molecular formula is C80H59N5. The SMILES string of the molecule is C=C(c1ccc(N(c2ccc(-c3ccccc3)cc2)c2ccc3cc(-c4ccc(N(c5ccc(-c6ccccc6)cc5)c5ccc(-c6nc7ccccc7n6-c6ccccc6)cc5)cc4)ccc3c2)cc1)N(c1ccccc1)c1ccccc1C. The maximum atomic E-state index is 5.17. The molecule has 5 heteroatoms. The summed E-state index contributed by atoms with van der Waals surface area (Å²) in [6.07, 6.45) is 0. The topological polar surface area (TPSA) is 27.5 Å². The lowest BCUT2D eigenvalue weighted by atomic mass is 9.99. The number of nitrogens with zero attached hydrogens (tertiary/aromatic N) is 5. The highest BCUT2D eigenvalue weighted by atomic mass is 15.2. The van der Waals surface area contributed by atoms with Crippen LogP contribution < -0.4 is 14.7 Å². The molecule has 0 saturated heterocycles. The standard InChI is InChI=1S/C80H59N5/c1-57-19-15-17-29-78(57)82(69-24-11-5-12-25-69)58(2)59-33-44-74(45-34-59)84(75-48-37-63(38-49-75)61-22-9-4-10-23-61)76-54-43-67-55-66(31-32-68(67)56-76)64-39-50-72(51-40-64)83(71-46-35-62(36-47-71)60-20-7-3-8-21-60)73-52-41-65(42-53-73)80-81-77-28-16-18-30-79(77)85(80)70-26-13-6-14-27-70/h3-56H,2H2,1H3. The number of para-hydroxylation sites is 5. The average molecular weight is 1090 g/mol. The van der Waals surface area contributed by atoms with Crippen molar-refractivity contribution in [3.05, 3.63) is 345 Å². The van der Waals surface area contributed by atoms with Gasteiger partial charge in [-0.1, -0.05) is 201 Å². The van der Waals surface area contributed by atoms with Gasteiger partial charge in [0.2, 0.25) is 0 Å². The highest BCUT2D eigenvalue weighted by Crippen LogP contribution is 2.42. The number of aromatic nitrogens is 2. The molecule has 13 aromatic carbocycles. The molecule has 14 rings (SSSR count). The lowest BCUT2D eigenvalue weighted by Gasteiger charge is -2.30. The minimum Gasteiger partial charge on any atom is -0.311 e. The Hall–Kier alpha value is -11.3. The zero-order valence-corrected chi connectivity index (χ0v) is 47.1. The molecule has 0 bridgehead atoms. The van der Waals surface area contributed by atoms with E-state index in [9.17, 15) is 0 Å². The molecule has 0 amide bonds. The summed E-state index contributed by atoms with van der Waals surface area (Å²) in [5.74, 6) is 0.901. The minimum absolute atomic E-state index is 0.900. The third-order valence-electron chi connectivity index (χ3n) is 16.1. The van der Waals surface area contributed by atoms with Crippen molar-refractivity contribution < 1.29 is 0 Å². The minimum atomic E-state index is 0.900. The summed E-state index contributed by atoms with van der Waals surface area (Å²) in [4.78, 5) is 12.1. The fraction of sp³-hybridized carbons (Fsp3) is 0.0125. The van der Waals surface area contributed by atoms with Gasteiger partial charge in [-0.3, -0.25) is 4.57 Å². The van der Waals surface area contributed by atoms with Gasteiger partial charge >= 0.3 is 0 Å². The summed E-state index contributed by atoms with van der Waals surface area (Å²) in [7, 11) is 0. The van der Waals surface area contributed by atoms with Gasteiger partial charge in [0.25, 0.3) is 0 Å². The first-order valence-corrected chi connectivity index (χ1v) is 28.9. The van der Waals surface area contributed by atoms with Crippen molar-refractivity contribution in [2.24, 2.45) is 0 Å². The van der Waals surface area contributed by atoms with Crippen molar-refractivity contribution in [2.75, 3.05) is 14.7 Å². The smallest absolute Gasteiger partial charge is 0.145 e. The molecule has 5 nitrogen and oxygen atoms in total. The quantitative estimate of drug-likeness (QED) is 0.102. The highest BCUT2D eigenvalue weighted by Gasteiger charge is 2.21. The summed E-state index contributed by atoms with van der Waals surface area (Å²) in [6, 6.07) is 117. The number of anilines is 8. The third kappa shape index (κ3) is 10.4. The normalized spacial score (nSPS) is 11.2. The number of aryl methyl sites for hydroxylation is 1. The number of benzene rings is 13. The average Bonchev–Trinajstić information content (AvgIpc) is 4.24. The van der Waals surface area contributed by atoms with Crippen molar-refractivity contribution in [2.45, 2.75) is 6.92 Å². The first-order chi connectivity index (χ1) is 42.0. The first-order valence-electron chi connectivity index (χ1n) is 28.9. The largest absolute Gasteiger partial charge is 0.311 e. The Morgan fingerprint density at radius 1 is 0.329 bits per heavy atom. The molecule has 14 aromatic rings. The number of hydrogen-bond acceptors (Lipinski definition) is 4. The van der Waals surface area contributed by atoms with Crippen LogP contribution in [0, 0.1) is 6.92 Å². The predicted molar refractivity (Wildman–Crippen MR) is 358 cm³/mol. The molecular weight excluding hydrogens is 1030 g/mol. The van der Waals surface area contributed by atoms with E-state index in [1.807, 2.05) is 6.07 Å². The van der Waals surface area contributed by atoms with E-state index in [-0.39, 0.29) is 0 Å². The van der Waals surface area contributed by atoms with Crippen LogP contribution >= 0.6 is 0 Å². The van der Waals surface area contributed by atoms with Gasteiger partial charge < -0.3 is 14.7 Å². The summed E-state index contributed by atoms with van der Waals surface area (Å²) in [5.41, 5.74) is 22.8. The van der Waals surface area contributed by atoms with Gasteiger partial charge in [0.05, 0.1) is 11.0 Å². The van der Waals surface area contributed by atoms with Crippen molar-refractivity contribution in [3.63, 3.8) is 0 Å². The van der Waals surface area contributed by atoms with Crippen molar-refractivity contribution >= 4 is 73.0 Å². The maximum Gasteiger partial charge on any atom is 0.145 e. The molecule has 0 N–H and O–H groups in total. The second-order valence-electron chi connectivity index (χ2n) is 21.4. The van der Waals surface area contributed by atoms with Crippen LogP contribution in [-0.2, 0) is 0 Å². The van der Waals surface area contributed by atoms with Crippen molar-refractivity contribution in [3.8, 4) is 50.5 Å². The number of hydrogen-bond donors (Lipinski definition) is 0. The molecule has 0 saturated carbocycles. The third-order valence-corrected chi connectivity index (χ3v) is 16.1. The highest BCUT2D eigenvalue weighted by molar-refractivity contribution is 5.94. The fourth-order valence-electron chi connectivity index (χ4n) is 11.7. The van der Waals surface area contributed by atoms with Gasteiger partial charge in [-0.15, -0.1) is 0 Å². The van der Waals surface area contributed by atoms with Crippen LogP contribution in [-0.4, -0.2) is 9.55 Å². The van der Waals surface area contributed by atoms with Crippen LogP contribution in [0.4, 0.5) is 45.5 Å². The molecule has 404 valence electrons. The van der Waals surface area contributed by atoms with Crippen molar-refractivity contribution in [1.82, 2.24) is 9.55 Å². The van der Waals surface area contributed by atoms with E-state index in [0.29, 0.717) is 0 Å². The Labute approximate surface area is 497 Å². The van der Waals surface area contributed by atoms with Crippen LogP contribution in [0.5, 0.6) is 0 Å². The summed E-state index contributed by atoms with van der Waals surface area (Å²) in [6.45, 7) is 6.85. The van der Waals surface area contributed by atoms with Crippen LogP contribution in [0.15, 0.2) is 334 Å². The lowest BCUT2D eigenvalue weighted by Crippen LogP contribution is -2.16. The molecule has 0 aliphatic heterocycles. The van der Waals surface area contributed by atoms with Gasteiger partial charge in [0.1, 0.15) is 5.82 Å². The van der Waals surface area contributed by atoms with Crippen LogP contribution in [0.3, 0.4) is 0 Å². The number of rotatable bonds is 15. The van der Waals surface area contributed by atoms with Gasteiger partial charge in [0, 0.05) is 62.4 Å². The van der Waals surface area contributed by atoms with E-state index >= 15 is 0 Å². The number of fused-ring (bicyclic) bond motifs is 2. The first kappa shape index (κ1) is 51.8. The second kappa shape index (κ2) is 22.9. The molecule has 0 aliphatic carbocycles. The molecule has 0 aliphatic rings. The molecule has 0 unspecified atom stereocenters. The van der Waals surface area contributed by atoms with E-state index in [4.69, 9.17) is 11.6 Å². The number of imidazole rings is 1. The Bertz CT molecular complexity index is 4620. The van der Waals surface area contributed by atoms with Crippen molar-refractivity contribution in [1.29, 1.82) is 0 Å². The zero-order valence-electron chi connectivity index (χ0n) is 47.1. The summed E-state index contributed by atoms with van der Waals surface area (Å²) in [5, 5.41) is 2.31. The molecule has 0 radical (unpaired) electrons. The van der Waals surface area contributed by atoms with E-state index in [1.54, 1.807) is 0 Å².